The number of hydrogen-bond acceptors (Lipinski definition) is 4. The summed E-state index contributed by atoms with van der Waals surface area (Å²) in [5, 5.41) is 0.933. The van der Waals surface area contributed by atoms with Gasteiger partial charge in [0.15, 0.2) is 0 Å². The van der Waals surface area contributed by atoms with Gasteiger partial charge in [-0.25, -0.2) is 0 Å². The third-order valence-corrected chi connectivity index (χ3v) is 4.75. The summed E-state index contributed by atoms with van der Waals surface area (Å²) in [6, 6.07) is 14.8. The van der Waals surface area contributed by atoms with Gasteiger partial charge in [0.05, 0.1) is 6.54 Å². The average molecular weight is 384 g/mol. The molecule has 1 N–H and O–H groups in total. The summed E-state index contributed by atoms with van der Waals surface area (Å²) in [6.07, 6.45) is 6.58. The Morgan fingerprint density at radius 1 is 1.00 bits per heavy atom. The normalized spacial score (nSPS) is 10.8. The Hall–Kier alpha value is -3.80. The average Bonchev–Trinajstić information content (AvgIpc) is 2.74. The van der Waals surface area contributed by atoms with Crippen molar-refractivity contribution in [1.29, 1.82) is 0 Å². The smallest absolute Gasteiger partial charge is 0.254 e. The van der Waals surface area contributed by atoms with Crippen molar-refractivity contribution < 1.29 is 4.79 Å². The molecule has 0 saturated heterocycles. The molecule has 0 spiro atoms. The molecule has 1 amide bonds. The summed E-state index contributed by atoms with van der Waals surface area (Å²) in [6.45, 7) is 2.52. The Kier molecular flexibility index (Phi) is 5.16. The van der Waals surface area contributed by atoms with Gasteiger partial charge in [0.25, 0.3) is 11.5 Å². The van der Waals surface area contributed by atoms with Gasteiger partial charge in [-0.05, 0) is 53.8 Å². The molecule has 0 bridgehead atoms. The maximum Gasteiger partial charge on any atom is 0.254 e. The second-order valence-corrected chi connectivity index (χ2v) is 6.97. The number of benzene rings is 1. The third-order valence-electron chi connectivity index (χ3n) is 4.75. The lowest BCUT2D eigenvalue weighted by molar-refractivity contribution is 0.0729. The first-order chi connectivity index (χ1) is 14.1. The van der Waals surface area contributed by atoms with E-state index in [2.05, 4.69) is 15.0 Å². The second kappa shape index (κ2) is 8.06. The quantitative estimate of drug-likeness (QED) is 0.571. The highest BCUT2D eigenvalue weighted by molar-refractivity contribution is 5.94. The van der Waals surface area contributed by atoms with Crippen molar-refractivity contribution >= 4 is 16.8 Å². The van der Waals surface area contributed by atoms with Crippen molar-refractivity contribution in [2.45, 2.75) is 20.0 Å². The van der Waals surface area contributed by atoms with Crippen LogP contribution in [0.5, 0.6) is 0 Å². The number of hydrogen-bond donors (Lipinski definition) is 1. The van der Waals surface area contributed by atoms with Crippen LogP contribution in [0, 0.1) is 6.92 Å². The van der Waals surface area contributed by atoms with E-state index in [1.165, 1.54) is 0 Å². The van der Waals surface area contributed by atoms with Gasteiger partial charge in [0.1, 0.15) is 0 Å². The minimum absolute atomic E-state index is 0.167. The van der Waals surface area contributed by atoms with Gasteiger partial charge in [0, 0.05) is 48.0 Å². The standard InChI is InChI=1S/C23H20N4O2/c1-16-4-5-19-12-20(22(28)26-21(19)11-16)15-27(14-17-3-2-8-25-13-17)23(29)18-6-9-24-10-7-18/h2-13H,14-15H2,1H3,(H,26,28). The number of carbonyl (C=O) groups excluding carboxylic acids is 1. The van der Waals surface area contributed by atoms with Crippen LogP contribution in [0.2, 0.25) is 0 Å². The van der Waals surface area contributed by atoms with E-state index in [0.29, 0.717) is 17.7 Å². The van der Waals surface area contributed by atoms with Gasteiger partial charge in [-0.1, -0.05) is 18.2 Å². The molecule has 0 radical (unpaired) electrons. The van der Waals surface area contributed by atoms with E-state index in [1.54, 1.807) is 41.8 Å². The highest BCUT2D eigenvalue weighted by Crippen LogP contribution is 2.16. The number of carbonyl (C=O) groups is 1. The molecule has 1 aromatic carbocycles. The van der Waals surface area contributed by atoms with Crippen LogP contribution >= 0.6 is 0 Å². The number of aryl methyl sites for hydroxylation is 1. The predicted molar refractivity (Wildman–Crippen MR) is 111 cm³/mol. The Morgan fingerprint density at radius 2 is 1.83 bits per heavy atom. The molecule has 0 aliphatic rings. The number of nitrogens with zero attached hydrogens (tertiary/aromatic N) is 3. The lowest BCUT2D eigenvalue weighted by Gasteiger charge is -2.23. The minimum atomic E-state index is -0.193. The third kappa shape index (κ3) is 4.21. The molecule has 0 unspecified atom stereocenters. The molecule has 0 aliphatic carbocycles. The molecule has 4 rings (SSSR count). The maximum atomic E-state index is 13.1. The summed E-state index contributed by atoms with van der Waals surface area (Å²) in [5.74, 6) is -0.167. The number of aromatic amines is 1. The zero-order chi connectivity index (χ0) is 20.2. The van der Waals surface area contributed by atoms with Gasteiger partial charge in [-0.15, -0.1) is 0 Å². The molecule has 0 fully saturated rings. The van der Waals surface area contributed by atoms with E-state index in [9.17, 15) is 9.59 Å². The number of pyridine rings is 3. The van der Waals surface area contributed by atoms with Crippen molar-refractivity contribution in [1.82, 2.24) is 19.9 Å². The van der Waals surface area contributed by atoms with E-state index in [1.807, 2.05) is 43.3 Å². The summed E-state index contributed by atoms with van der Waals surface area (Å²) in [4.78, 5) is 38.5. The topological polar surface area (TPSA) is 79.0 Å². The first kappa shape index (κ1) is 18.6. The highest BCUT2D eigenvalue weighted by atomic mass is 16.2. The van der Waals surface area contributed by atoms with E-state index >= 15 is 0 Å². The van der Waals surface area contributed by atoms with Gasteiger partial charge >= 0.3 is 0 Å². The predicted octanol–water partition coefficient (Wildman–Crippen LogP) is 3.47. The van der Waals surface area contributed by atoms with Gasteiger partial charge < -0.3 is 9.88 Å². The second-order valence-electron chi connectivity index (χ2n) is 6.97. The van der Waals surface area contributed by atoms with Crippen LogP contribution in [-0.4, -0.2) is 25.8 Å². The SMILES string of the molecule is Cc1ccc2cc(CN(Cc3cccnc3)C(=O)c3ccncc3)c(=O)[nH]c2c1. The minimum Gasteiger partial charge on any atom is -0.330 e. The van der Waals surface area contributed by atoms with E-state index in [0.717, 1.165) is 22.0 Å². The Balaban J connectivity index is 1.70. The van der Waals surface area contributed by atoms with Crippen molar-refractivity contribution in [2.24, 2.45) is 0 Å². The number of nitrogens with one attached hydrogen (secondary N) is 1. The molecule has 6 nitrogen and oxygen atoms in total. The van der Waals surface area contributed by atoms with Crippen LogP contribution in [0.15, 0.2) is 78.1 Å². The Labute approximate surface area is 167 Å². The molecular weight excluding hydrogens is 364 g/mol. The lowest BCUT2D eigenvalue weighted by Crippen LogP contribution is -2.32. The molecule has 0 aliphatic heterocycles. The van der Waals surface area contributed by atoms with Crippen LogP contribution in [0.3, 0.4) is 0 Å². The van der Waals surface area contributed by atoms with Crippen molar-refractivity contribution in [3.63, 3.8) is 0 Å². The molecule has 4 aromatic rings. The summed E-state index contributed by atoms with van der Waals surface area (Å²) >= 11 is 0. The molecule has 0 atom stereocenters. The molecular formula is C23H20N4O2. The summed E-state index contributed by atoms with van der Waals surface area (Å²) < 4.78 is 0. The fourth-order valence-corrected chi connectivity index (χ4v) is 3.27. The van der Waals surface area contributed by atoms with Crippen molar-refractivity contribution in [3.8, 4) is 0 Å². The summed E-state index contributed by atoms with van der Waals surface area (Å²) in [7, 11) is 0. The monoisotopic (exact) mass is 384 g/mol. The molecule has 29 heavy (non-hydrogen) atoms. The first-order valence-electron chi connectivity index (χ1n) is 9.31. The first-order valence-corrected chi connectivity index (χ1v) is 9.31. The molecule has 0 saturated carbocycles. The molecule has 3 aromatic heterocycles. The lowest BCUT2D eigenvalue weighted by atomic mass is 10.1. The Morgan fingerprint density at radius 3 is 2.59 bits per heavy atom. The number of rotatable bonds is 5. The fraction of sp³-hybridized carbons (Fsp3) is 0.130. The number of aromatic nitrogens is 3. The van der Waals surface area contributed by atoms with E-state index in [4.69, 9.17) is 0 Å². The number of H-pyrrole nitrogens is 1. The van der Waals surface area contributed by atoms with Gasteiger partial charge in [-0.2, -0.15) is 0 Å². The van der Waals surface area contributed by atoms with Crippen molar-refractivity contribution in [2.75, 3.05) is 0 Å². The van der Waals surface area contributed by atoms with Crippen LogP contribution in [0.1, 0.15) is 27.0 Å². The van der Waals surface area contributed by atoms with Gasteiger partial charge in [-0.3, -0.25) is 19.6 Å². The van der Waals surface area contributed by atoms with Crippen LogP contribution in [-0.2, 0) is 13.1 Å². The van der Waals surface area contributed by atoms with Gasteiger partial charge in [0.2, 0.25) is 0 Å². The molecule has 3 heterocycles. The summed E-state index contributed by atoms with van der Waals surface area (Å²) in [5.41, 5.74) is 3.62. The van der Waals surface area contributed by atoms with E-state index in [-0.39, 0.29) is 18.0 Å². The zero-order valence-corrected chi connectivity index (χ0v) is 16.0. The number of amides is 1. The Bertz CT molecular complexity index is 1200. The molecule has 144 valence electrons. The molecule has 6 heteroatoms. The fourth-order valence-electron chi connectivity index (χ4n) is 3.27. The van der Waals surface area contributed by atoms with Crippen molar-refractivity contribution in [3.05, 3.63) is 106 Å². The zero-order valence-electron chi connectivity index (χ0n) is 16.0. The van der Waals surface area contributed by atoms with Crippen LogP contribution < -0.4 is 5.56 Å². The van der Waals surface area contributed by atoms with Crippen LogP contribution in [0.25, 0.3) is 10.9 Å². The largest absolute Gasteiger partial charge is 0.330 e. The maximum absolute atomic E-state index is 13.1. The van der Waals surface area contributed by atoms with Crippen LogP contribution in [0.4, 0.5) is 0 Å². The number of fused-ring (bicyclic) bond motifs is 1. The highest BCUT2D eigenvalue weighted by Gasteiger charge is 2.18. The van der Waals surface area contributed by atoms with E-state index < -0.39 is 0 Å².